The molecule has 0 unspecified atom stereocenters. The van der Waals surface area contributed by atoms with Crippen LogP contribution in [0.3, 0.4) is 0 Å². The number of ether oxygens (including phenoxy) is 3. The van der Waals surface area contributed by atoms with Crippen LogP contribution in [0.4, 0.5) is 11.7 Å². The highest BCUT2D eigenvalue weighted by atomic mass is 32.3. The summed E-state index contributed by atoms with van der Waals surface area (Å²) in [6.07, 6.45) is -0.610. The molecular formula is C27H24F3NO7S. The molecule has 0 fully saturated rings. The summed E-state index contributed by atoms with van der Waals surface area (Å²) in [7, 11) is 0. The number of halogens is 3. The highest BCUT2D eigenvalue weighted by Crippen LogP contribution is 2.52. The van der Waals surface area contributed by atoms with Crippen LogP contribution in [-0.2, 0) is 11.2 Å². The van der Waals surface area contributed by atoms with Gasteiger partial charge >= 0.3 is 11.9 Å². The summed E-state index contributed by atoms with van der Waals surface area (Å²) in [6.45, 7) is 3.81. The van der Waals surface area contributed by atoms with Crippen LogP contribution < -0.4 is 14.2 Å². The van der Waals surface area contributed by atoms with Crippen LogP contribution in [0.1, 0.15) is 29.9 Å². The Balaban J connectivity index is 1.75. The molecule has 12 heteroatoms. The fraction of sp³-hybridized carbons (Fsp3) is 0.185. The third-order valence-corrected chi connectivity index (χ3v) is 5.84. The monoisotopic (exact) mass is 563 g/mol. The number of aromatic carboxylic acids is 1. The maximum Gasteiger partial charge on any atom is 0.338 e. The van der Waals surface area contributed by atoms with Crippen molar-refractivity contribution in [1.29, 1.82) is 0 Å². The molecule has 1 aromatic heterocycles. The quantitative estimate of drug-likeness (QED) is 0.197. The van der Waals surface area contributed by atoms with E-state index in [0.29, 0.717) is 28.5 Å². The van der Waals surface area contributed by atoms with Crippen molar-refractivity contribution < 1.29 is 45.7 Å². The number of carbonyl (C=O) groups is 2. The minimum atomic E-state index is -5.35. The number of hydrogen-bond acceptors (Lipinski definition) is 5. The molecule has 39 heavy (non-hydrogen) atoms. The Morgan fingerprint density at radius 1 is 0.872 bits per heavy atom. The molecule has 2 N–H and O–H groups in total. The number of carboxylic acid groups (broad SMARTS) is 2. The average Bonchev–Trinajstić information content (AvgIpc) is 3.16. The summed E-state index contributed by atoms with van der Waals surface area (Å²) < 4.78 is 55.5. The van der Waals surface area contributed by atoms with E-state index in [1.54, 1.807) is 36.4 Å². The van der Waals surface area contributed by atoms with E-state index < -0.39 is 35.5 Å². The van der Waals surface area contributed by atoms with Gasteiger partial charge in [-0.25, -0.2) is 4.79 Å². The van der Waals surface area contributed by atoms with Crippen molar-refractivity contribution in [2.24, 2.45) is 0 Å². The lowest BCUT2D eigenvalue weighted by atomic mass is 10.1. The molecule has 0 radical (unpaired) electrons. The lowest BCUT2D eigenvalue weighted by Crippen LogP contribution is -2.11. The van der Waals surface area contributed by atoms with Gasteiger partial charge in [-0.1, -0.05) is 0 Å². The standard InChI is InChI=1S/C27H24F3NO7S/c1-16(2)37-19-7-9-20(10-8-19)38-21-11-12-23-22(13-21)26(27(34)35)24(14-25(32)33)31(23)17-3-5-18(6-4-17)36-15-39(28,29)30/h3-13,16H,14-15H2,1-2H3,(H,32,33)(H,34,35). The molecule has 0 spiro atoms. The van der Waals surface area contributed by atoms with Crippen molar-refractivity contribution in [2.45, 2.75) is 26.4 Å². The van der Waals surface area contributed by atoms with Crippen molar-refractivity contribution in [2.75, 3.05) is 5.94 Å². The lowest BCUT2D eigenvalue weighted by molar-refractivity contribution is -0.136. The van der Waals surface area contributed by atoms with Crippen LogP contribution in [-0.4, -0.2) is 38.8 Å². The molecule has 0 aliphatic heterocycles. The number of benzene rings is 3. The molecule has 206 valence electrons. The van der Waals surface area contributed by atoms with Crippen LogP contribution in [0.2, 0.25) is 0 Å². The largest absolute Gasteiger partial charge is 0.491 e. The highest BCUT2D eigenvalue weighted by Gasteiger charge is 2.26. The Morgan fingerprint density at radius 3 is 2.03 bits per heavy atom. The van der Waals surface area contributed by atoms with Gasteiger partial charge in [0.15, 0.2) is 5.94 Å². The molecule has 1 heterocycles. The van der Waals surface area contributed by atoms with Gasteiger partial charge in [0.05, 0.1) is 23.6 Å². The third kappa shape index (κ3) is 6.77. The first-order chi connectivity index (χ1) is 18.4. The molecule has 0 aliphatic rings. The summed E-state index contributed by atoms with van der Waals surface area (Å²) in [4.78, 5) is 24.0. The van der Waals surface area contributed by atoms with E-state index in [9.17, 15) is 31.5 Å². The fourth-order valence-corrected chi connectivity index (χ4v) is 4.32. The zero-order chi connectivity index (χ0) is 28.3. The molecule has 0 aliphatic carbocycles. The van der Waals surface area contributed by atoms with Gasteiger partial charge in [-0.2, -0.15) is 0 Å². The lowest BCUT2D eigenvalue weighted by Gasteiger charge is -2.14. The Kier molecular flexibility index (Phi) is 7.95. The molecule has 4 aromatic rings. The van der Waals surface area contributed by atoms with Gasteiger partial charge < -0.3 is 29.0 Å². The van der Waals surface area contributed by atoms with Gasteiger partial charge in [-0.3, -0.25) is 4.79 Å². The van der Waals surface area contributed by atoms with Crippen LogP contribution in [0.15, 0.2) is 66.7 Å². The first-order valence-corrected chi connectivity index (χ1v) is 13.1. The summed E-state index contributed by atoms with van der Waals surface area (Å²) in [5.41, 5.74) is 0.500. The normalized spacial score (nSPS) is 11.9. The summed E-state index contributed by atoms with van der Waals surface area (Å²) in [5, 5.41) is 19.8. The van der Waals surface area contributed by atoms with E-state index >= 15 is 0 Å². The maximum absolute atomic E-state index is 12.6. The van der Waals surface area contributed by atoms with E-state index in [0.717, 1.165) is 0 Å². The van der Waals surface area contributed by atoms with Gasteiger partial charge in [-0.05, 0) is 80.6 Å². The second kappa shape index (κ2) is 11.2. The predicted molar refractivity (Wildman–Crippen MR) is 140 cm³/mol. The highest BCUT2D eigenvalue weighted by molar-refractivity contribution is 8.20. The molecule has 0 bridgehead atoms. The van der Waals surface area contributed by atoms with E-state index in [4.69, 9.17) is 14.2 Å². The summed E-state index contributed by atoms with van der Waals surface area (Å²) >= 11 is -5.35. The van der Waals surface area contributed by atoms with Crippen molar-refractivity contribution in [1.82, 2.24) is 4.57 Å². The van der Waals surface area contributed by atoms with Crippen molar-refractivity contribution in [3.63, 3.8) is 0 Å². The van der Waals surface area contributed by atoms with E-state index in [2.05, 4.69) is 0 Å². The molecular weight excluding hydrogens is 539 g/mol. The number of carboxylic acids is 2. The smallest absolute Gasteiger partial charge is 0.338 e. The van der Waals surface area contributed by atoms with Gasteiger partial charge in [-0.15, -0.1) is 11.7 Å². The van der Waals surface area contributed by atoms with Crippen LogP contribution in [0.5, 0.6) is 23.0 Å². The second-order valence-corrected chi connectivity index (χ2v) is 9.95. The SMILES string of the molecule is CC(C)Oc1ccc(Oc2ccc3c(c2)c(C(=O)O)c(CC(=O)O)n3-c2ccc(OCS(F)(F)F)cc2)cc1. The van der Waals surface area contributed by atoms with Gasteiger partial charge in [0.1, 0.15) is 23.0 Å². The van der Waals surface area contributed by atoms with Crippen LogP contribution in [0.25, 0.3) is 16.6 Å². The zero-order valence-corrected chi connectivity index (χ0v) is 21.6. The molecule has 8 nitrogen and oxygen atoms in total. The van der Waals surface area contributed by atoms with Crippen LogP contribution in [0, 0.1) is 0 Å². The number of hydrogen-bond donors (Lipinski definition) is 2. The number of fused-ring (bicyclic) bond motifs is 1. The average molecular weight is 564 g/mol. The molecule has 0 saturated carbocycles. The number of rotatable bonds is 11. The van der Waals surface area contributed by atoms with Gasteiger partial charge in [0, 0.05) is 16.8 Å². The zero-order valence-electron chi connectivity index (χ0n) is 20.8. The van der Waals surface area contributed by atoms with Crippen molar-refractivity contribution >= 4 is 34.0 Å². The Hall–Kier alpha value is -4.32. The third-order valence-electron chi connectivity index (χ3n) is 5.45. The molecule has 3 aromatic carbocycles. The second-order valence-electron chi connectivity index (χ2n) is 8.71. The first-order valence-electron chi connectivity index (χ1n) is 11.6. The Bertz CT molecular complexity index is 1500. The van der Waals surface area contributed by atoms with Gasteiger partial charge in [0.25, 0.3) is 0 Å². The maximum atomic E-state index is 12.6. The number of aliphatic carboxylic acids is 1. The van der Waals surface area contributed by atoms with E-state index in [1.165, 1.54) is 34.9 Å². The predicted octanol–water partition coefficient (Wildman–Crippen LogP) is 7.33. The van der Waals surface area contributed by atoms with Crippen molar-refractivity contribution in [3.05, 3.63) is 78.0 Å². The molecule has 0 amide bonds. The molecule has 4 rings (SSSR count). The number of nitrogens with zero attached hydrogens (tertiary/aromatic N) is 1. The summed E-state index contributed by atoms with van der Waals surface area (Å²) in [6, 6.07) is 17.1. The Morgan fingerprint density at radius 2 is 1.46 bits per heavy atom. The fourth-order valence-electron chi connectivity index (χ4n) is 4.05. The van der Waals surface area contributed by atoms with Crippen molar-refractivity contribution in [3.8, 4) is 28.7 Å². The van der Waals surface area contributed by atoms with E-state index in [1.807, 2.05) is 13.8 Å². The summed E-state index contributed by atoms with van der Waals surface area (Å²) in [5.74, 6) is -2.55. The topological polar surface area (TPSA) is 107 Å². The van der Waals surface area contributed by atoms with Gasteiger partial charge in [0.2, 0.25) is 11.2 Å². The van der Waals surface area contributed by atoms with E-state index in [-0.39, 0.29) is 28.5 Å². The minimum absolute atomic E-state index is 0.00210. The number of aromatic nitrogens is 1. The minimum Gasteiger partial charge on any atom is -0.491 e. The Labute approximate surface area is 223 Å². The molecule has 0 saturated heterocycles. The first kappa shape index (κ1) is 27.7. The van der Waals surface area contributed by atoms with Crippen LogP contribution >= 0.6 is 11.2 Å². The molecule has 0 atom stereocenters.